The number of amides is 1. The van der Waals surface area contributed by atoms with Crippen molar-refractivity contribution in [1.82, 2.24) is 4.90 Å². The largest absolute Gasteiger partial charge is 0.493 e. The van der Waals surface area contributed by atoms with Gasteiger partial charge < -0.3 is 14.8 Å². The molecule has 0 saturated heterocycles. The second-order valence-electron chi connectivity index (χ2n) is 9.61. The number of carbonyl (C=O) groups is 1. The van der Waals surface area contributed by atoms with Gasteiger partial charge in [-0.15, -0.1) is 0 Å². The van der Waals surface area contributed by atoms with Gasteiger partial charge in [0.05, 0.1) is 25.6 Å². The molecule has 1 heterocycles. The highest BCUT2D eigenvalue weighted by Gasteiger charge is 2.36. The molecule has 0 spiro atoms. The Morgan fingerprint density at radius 2 is 1.53 bits per heavy atom. The number of nitrogens with zero attached hydrogens (tertiary/aromatic N) is 2. The maximum Gasteiger partial charge on any atom is 0.238 e. The van der Waals surface area contributed by atoms with Gasteiger partial charge in [-0.25, -0.2) is 0 Å². The summed E-state index contributed by atoms with van der Waals surface area (Å²) in [5.41, 5.74) is 5.16. The molecule has 1 amide bonds. The van der Waals surface area contributed by atoms with Crippen LogP contribution in [-0.4, -0.2) is 42.8 Å². The van der Waals surface area contributed by atoms with Crippen molar-refractivity contribution in [3.05, 3.63) is 83.4 Å². The Morgan fingerprint density at radius 1 is 0.917 bits per heavy atom. The van der Waals surface area contributed by atoms with Crippen molar-refractivity contribution in [2.75, 3.05) is 19.5 Å². The number of aliphatic imine (C=N–C) groups is 1. The summed E-state index contributed by atoms with van der Waals surface area (Å²) in [6.45, 7) is 9.77. The molecule has 0 saturated carbocycles. The first-order valence-electron chi connectivity index (χ1n) is 12.4. The van der Waals surface area contributed by atoms with Gasteiger partial charge in [0.2, 0.25) is 5.91 Å². The summed E-state index contributed by atoms with van der Waals surface area (Å²) in [7, 11) is 3.18. The summed E-state index contributed by atoms with van der Waals surface area (Å²) in [5, 5.41) is 3.00. The quantitative estimate of drug-likeness (QED) is 0.368. The third kappa shape index (κ3) is 5.29. The summed E-state index contributed by atoms with van der Waals surface area (Å²) < 4.78 is 10.9. The molecule has 1 aliphatic rings. The van der Waals surface area contributed by atoms with E-state index < -0.39 is 5.92 Å². The van der Waals surface area contributed by atoms with Crippen molar-refractivity contribution in [3.8, 4) is 11.5 Å². The van der Waals surface area contributed by atoms with Crippen LogP contribution in [0.1, 0.15) is 50.3 Å². The third-order valence-electron chi connectivity index (χ3n) is 6.61. The Balaban J connectivity index is 1.74. The first-order valence-corrected chi connectivity index (χ1v) is 12.4. The third-order valence-corrected chi connectivity index (χ3v) is 6.61. The van der Waals surface area contributed by atoms with E-state index in [1.165, 1.54) is 5.56 Å². The SMILES string of the molecule is COc1cc2c(cc1OC)C(C(=Nc1ccc(CN(C(C)C)C(C)C)cc1)c1ccccc1)C(=O)N2. The van der Waals surface area contributed by atoms with Crippen LogP contribution >= 0.6 is 0 Å². The van der Waals surface area contributed by atoms with Gasteiger partial charge in [-0.2, -0.15) is 0 Å². The fraction of sp³-hybridized carbons (Fsp3) is 0.333. The van der Waals surface area contributed by atoms with Gasteiger partial charge in [-0.05, 0) is 62.6 Å². The molecule has 0 aliphatic carbocycles. The number of fused-ring (bicyclic) bond motifs is 1. The first-order chi connectivity index (χ1) is 17.3. The molecule has 6 heteroatoms. The molecule has 0 aromatic heterocycles. The minimum absolute atomic E-state index is 0.121. The minimum Gasteiger partial charge on any atom is -0.493 e. The van der Waals surface area contributed by atoms with E-state index in [9.17, 15) is 4.79 Å². The predicted octanol–water partition coefficient (Wildman–Crippen LogP) is 6.18. The number of rotatable bonds is 9. The number of benzene rings is 3. The zero-order valence-electron chi connectivity index (χ0n) is 21.9. The molecule has 188 valence electrons. The molecular formula is C30H35N3O3. The van der Waals surface area contributed by atoms with Crippen LogP contribution in [0.25, 0.3) is 0 Å². The van der Waals surface area contributed by atoms with Crippen LogP contribution in [0.15, 0.2) is 71.7 Å². The van der Waals surface area contributed by atoms with E-state index in [0.717, 1.165) is 23.4 Å². The predicted molar refractivity (Wildman–Crippen MR) is 146 cm³/mol. The average molecular weight is 486 g/mol. The maximum absolute atomic E-state index is 13.3. The highest BCUT2D eigenvalue weighted by molar-refractivity contribution is 6.24. The van der Waals surface area contributed by atoms with Crippen LogP contribution in [-0.2, 0) is 11.3 Å². The van der Waals surface area contributed by atoms with Crippen LogP contribution in [0.3, 0.4) is 0 Å². The first kappa shape index (κ1) is 25.5. The molecule has 3 aromatic carbocycles. The summed E-state index contributed by atoms with van der Waals surface area (Å²) in [6.07, 6.45) is 0. The number of carbonyl (C=O) groups excluding carboxylic acids is 1. The summed E-state index contributed by atoms with van der Waals surface area (Å²) in [5.74, 6) is 0.459. The van der Waals surface area contributed by atoms with Gasteiger partial charge in [-0.3, -0.25) is 14.7 Å². The van der Waals surface area contributed by atoms with E-state index in [2.05, 4.69) is 50.0 Å². The van der Waals surface area contributed by atoms with E-state index in [4.69, 9.17) is 14.5 Å². The Hall–Kier alpha value is -3.64. The molecule has 0 fully saturated rings. The van der Waals surface area contributed by atoms with Gasteiger partial charge >= 0.3 is 0 Å². The molecule has 3 aromatic rings. The normalized spacial score (nSPS) is 15.4. The van der Waals surface area contributed by atoms with E-state index in [0.29, 0.717) is 35.0 Å². The van der Waals surface area contributed by atoms with Crippen molar-refractivity contribution < 1.29 is 14.3 Å². The molecule has 0 bridgehead atoms. The van der Waals surface area contributed by atoms with Gasteiger partial charge in [-0.1, -0.05) is 42.5 Å². The molecule has 4 rings (SSSR count). The highest BCUT2D eigenvalue weighted by atomic mass is 16.5. The zero-order valence-corrected chi connectivity index (χ0v) is 21.9. The Morgan fingerprint density at radius 3 is 2.11 bits per heavy atom. The van der Waals surface area contributed by atoms with Crippen molar-refractivity contribution in [2.24, 2.45) is 4.99 Å². The van der Waals surface area contributed by atoms with Crippen LogP contribution in [0.2, 0.25) is 0 Å². The van der Waals surface area contributed by atoms with Crippen molar-refractivity contribution in [2.45, 2.75) is 52.2 Å². The number of ether oxygens (including phenoxy) is 2. The Kier molecular flexibility index (Phi) is 7.75. The fourth-order valence-electron chi connectivity index (χ4n) is 4.75. The maximum atomic E-state index is 13.3. The topological polar surface area (TPSA) is 63.2 Å². The lowest BCUT2D eigenvalue weighted by Gasteiger charge is -2.30. The van der Waals surface area contributed by atoms with Crippen LogP contribution in [0.5, 0.6) is 11.5 Å². The lowest BCUT2D eigenvalue weighted by atomic mass is 9.90. The fourth-order valence-corrected chi connectivity index (χ4v) is 4.75. The lowest BCUT2D eigenvalue weighted by molar-refractivity contribution is -0.115. The van der Waals surface area contributed by atoms with Gasteiger partial charge in [0.15, 0.2) is 11.5 Å². The second kappa shape index (κ2) is 11.0. The van der Waals surface area contributed by atoms with Crippen molar-refractivity contribution >= 4 is 23.0 Å². The molecular weight excluding hydrogens is 450 g/mol. The summed E-state index contributed by atoms with van der Waals surface area (Å²) in [6, 6.07) is 22.7. The molecule has 36 heavy (non-hydrogen) atoms. The monoisotopic (exact) mass is 485 g/mol. The van der Waals surface area contributed by atoms with E-state index >= 15 is 0 Å². The van der Waals surface area contributed by atoms with E-state index in [1.54, 1.807) is 20.3 Å². The van der Waals surface area contributed by atoms with Crippen molar-refractivity contribution in [3.63, 3.8) is 0 Å². The highest BCUT2D eigenvalue weighted by Crippen LogP contribution is 2.42. The van der Waals surface area contributed by atoms with E-state index in [1.807, 2.05) is 48.5 Å². The van der Waals surface area contributed by atoms with Gasteiger partial charge in [0, 0.05) is 30.4 Å². The molecule has 6 nitrogen and oxygen atoms in total. The van der Waals surface area contributed by atoms with Crippen LogP contribution in [0.4, 0.5) is 11.4 Å². The summed E-state index contributed by atoms with van der Waals surface area (Å²) in [4.78, 5) is 20.7. The smallest absolute Gasteiger partial charge is 0.238 e. The van der Waals surface area contributed by atoms with Crippen molar-refractivity contribution in [1.29, 1.82) is 0 Å². The molecule has 1 aliphatic heterocycles. The number of hydrogen-bond acceptors (Lipinski definition) is 5. The lowest BCUT2D eigenvalue weighted by Crippen LogP contribution is -2.36. The molecule has 0 radical (unpaired) electrons. The molecule has 1 atom stereocenters. The minimum atomic E-state index is -0.570. The standard InChI is InChI=1S/C30H35N3O3/c1-19(2)33(20(3)4)18-21-12-14-23(15-13-21)31-29(22-10-8-7-9-11-22)28-24-16-26(35-5)27(36-6)17-25(24)32-30(28)34/h7-17,19-20,28H,18H2,1-6H3,(H,32,34). The average Bonchev–Trinajstić information content (AvgIpc) is 3.20. The Labute approximate surface area is 214 Å². The molecule has 1 N–H and O–H groups in total. The van der Waals surface area contributed by atoms with Gasteiger partial charge in [0.1, 0.15) is 5.92 Å². The number of hydrogen-bond donors (Lipinski definition) is 1. The van der Waals surface area contributed by atoms with Gasteiger partial charge in [0.25, 0.3) is 0 Å². The summed E-state index contributed by atoms with van der Waals surface area (Å²) >= 11 is 0. The Bertz CT molecular complexity index is 1230. The van der Waals surface area contributed by atoms with Crippen LogP contribution in [0, 0.1) is 0 Å². The number of methoxy groups -OCH3 is 2. The number of nitrogens with one attached hydrogen (secondary N) is 1. The number of anilines is 1. The zero-order chi connectivity index (χ0) is 25.8. The van der Waals surface area contributed by atoms with Crippen LogP contribution < -0.4 is 14.8 Å². The molecule has 1 unspecified atom stereocenters. The van der Waals surface area contributed by atoms with E-state index in [-0.39, 0.29) is 5.91 Å². The second-order valence-corrected chi connectivity index (χ2v) is 9.61.